The summed E-state index contributed by atoms with van der Waals surface area (Å²) < 4.78 is 0. The summed E-state index contributed by atoms with van der Waals surface area (Å²) in [6.07, 6.45) is 0. The molecule has 0 rings (SSSR count). The minimum Gasteiger partial charge on any atom is -2.00 e. The van der Waals surface area contributed by atoms with Crippen molar-refractivity contribution in [1.82, 2.24) is 0 Å². The Hall–Kier alpha value is 6.89. The molecule has 0 bridgehead atoms. The van der Waals surface area contributed by atoms with Gasteiger partial charge in [0.1, 0.15) is 0 Å². The first kappa shape index (κ1) is 201. The predicted octanol–water partition coefficient (Wildman–Crippen LogP) is -1.07. The van der Waals surface area contributed by atoms with Crippen molar-refractivity contribution in [2.45, 2.75) is 0 Å². The van der Waals surface area contributed by atoms with Crippen molar-refractivity contribution in [3.63, 3.8) is 0 Å². The van der Waals surface area contributed by atoms with Crippen molar-refractivity contribution in [3.05, 3.63) is 0 Å². The summed E-state index contributed by atoms with van der Waals surface area (Å²) in [7, 11) is 0. The summed E-state index contributed by atoms with van der Waals surface area (Å²) in [6, 6.07) is 0. The first-order chi connectivity index (χ1) is 0. The van der Waals surface area contributed by atoms with Gasteiger partial charge in [0.25, 0.3) is 0 Å². The third kappa shape index (κ3) is 157. The molecule has 0 saturated heterocycles. The topological polar surface area (TPSA) is 256 Å². The van der Waals surface area contributed by atoms with E-state index in [9.17, 15) is 0 Å². The van der Waals surface area contributed by atoms with E-state index in [1.165, 1.54) is 0 Å². The smallest absolute Gasteiger partial charge is 2.00 e. The molecule has 15 heavy (non-hydrogen) atoms. The van der Waals surface area contributed by atoms with Gasteiger partial charge < -0.3 is 49.3 Å². The van der Waals surface area contributed by atoms with Gasteiger partial charge in [-0.2, -0.15) is 0 Å². The van der Waals surface area contributed by atoms with Crippen LogP contribution >= 0.6 is 0 Å². The second-order valence-electron chi connectivity index (χ2n) is 0. The molecule has 0 fully saturated rings. The van der Waals surface area contributed by atoms with Crippen molar-refractivity contribution < 1.29 is 266 Å². The Bertz CT molecular complexity index is 24.1. The molecule has 0 aliphatic heterocycles. The molecule has 0 aromatic rings. The van der Waals surface area contributed by atoms with E-state index in [1.807, 2.05) is 0 Å². The Morgan fingerprint density at radius 3 is 0.267 bits per heavy atom. The van der Waals surface area contributed by atoms with Gasteiger partial charge in [0.15, 0.2) is 0 Å². The molecular weight excluding hydrogens is 914 g/mol. The minimum atomic E-state index is 0. The van der Waals surface area contributed by atoms with Gasteiger partial charge in [-0.1, -0.05) is 0 Å². The number of hydrogen-bond donors (Lipinski definition) is 0. The van der Waals surface area contributed by atoms with Gasteiger partial charge in [-0.3, -0.25) is 0 Å². The van der Waals surface area contributed by atoms with Crippen molar-refractivity contribution in [1.29, 1.82) is 0 Å². The zero-order valence-electron chi connectivity index (χ0n) is 6.69. The largest absolute Gasteiger partial charge is 3.00 e. The molecule has 0 spiro atoms. The number of hydrogen-bond acceptors (Lipinski definition) is 0. The van der Waals surface area contributed by atoms with Crippen LogP contribution in [0.4, 0.5) is 0 Å². The standard InChI is InChI=1S/2Gd.2La.9O.2Y/q4*+3;9*-2;2*+3. The molecular formula is Gd2La2O9Y2. The minimum absolute atomic E-state index is 0. The molecule has 0 saturated carbocycles. The summed E-state index contributed by atoms with van der Waals surface area (Å²) in [5.74, 6) is 0. The van der Waals surface area contributed by atoms with E-state index in [0.717, 1.165) is 0 Å². The van der Waals surface area contributed by atoms with Crippen LogP contribution in [0.2, 0.25) is 0 Å². The van der Waals surface area contributed by atoms with Gasteiger partial charge in [-0.25, -0.2) is 0 Å². The van der Waals surface area contributed by atoms with E-state index in [4.69, 9.17) is 0 Å². The van der Waals surface area contributed by atoms with Crippen molar-refractivity contribution in [2.24, 2.45) is 0 Å². The van der Waals surface area contributed by atoms with Crippen LogP contribution in [0.5, 0.6) is 0 Å². The SMILES string of the molecule is [Gd+3].[Gd+3].[La+3].[La+3].[O-2].[O-2].[O-2].[O-2].[O-2].[O-2].[O-2].[O-2].[O-2].[Y+3].[Y+3]. The van der Waals surface area contributed by atoms with Gasteiger partial charge in [0, 0.05) is 0 Å². The molecule has 0 aromatic heterocycles. The average molecular weight is 914 g/mol. The first-order valence-electron chi connectivity index (χ1n) is 0. The molecule has 0 aromatic carbocycles. The average Bonchev–Trinajstić information content (AvgIpc) is 0. The van der Waals surface area contributed by atoms with Crippen LogP contribution in [0.3, 0.4) is 0 Å². The molecule has 0 atom stereocenters. The molecule has 15 heteroatoms. The van der Waals surface area contributed by atoms with Crippen LogP contribution in [0.15, 0.2) is 0 Å². The normalized spacial score (nSPS) is 0. The van der Waals surface area contributed by atoms with Gasteiger partial charge in [0.2, 0.25) is 0 Å². The van der Waals surface area contributed by atoms with E-state index in [0.29, 0.717) is 0 Å². The van der Waals surface area contributed by atoms with E-state index in [1.54, 1.807) is 0 Å². The van der Waals surface area contributed by atoms with E-state index in [-0.39, 0.29) is 266 Å². The molecule has 9 nitrogen and oxygen atoms in total. The third-order valence-electron chi connectivity index (χ3n) is 0. The maximum absolute atomic E-state index is 0. The van der Waals surface area contributed by atoms with Crippen LogP contribution < -0.4 is 0 Å². The van der Waals surface area contributed by atoms with Gasteiger partial charge >= 0.3 is 216 Å². The van der Waals surface area contributed by atoms with Crippen LogP contribution in [0.25, 0.3) is 0 Å². The van der Waals surface area contributed by atoms with Gasteiger partial charge in [-0.15, -0.1) is 0 Å². The van der Waals surface area contributed by atoms with Gasteiger partial charge in [0.05, 0.1) is 0 Å². The summed E-state index contributed by atoms with van der Waals surface area (Å²) in [5, 5.41) is 0. The monoisotopic (exact) mass is 915 g/mol. The Balaban J connectivity index is 0. The maximum atomic E-state index is 0. The Labute approximate surface area is 258 Å². The second-order valence-corrected chi connectivity index (χ2v) is 0. The second kappa shape index (κ2) is 174. The molecule has 0 unspecified atom stereocenters. The molecule has 0 aliphatic carbocycles. The van der Waals surface area contributed by atoms with Crippen molar-refractivity contribution in [2.75, 3.05) is 0 Å². The molecule has 0 N–H and O–H groups in total. The quantitative estimate of drug-likeness (QED) is 0.282. The molecule has 0 amide bonds. The number of rotatable bonds is 0. The summed E-state index contributed by atoms with van der Waals surface area (Å²) in [5.41, 5.74) is 0. The van der Waals surface area contributed by atoms with Crippen molar-refractivity contribution in [3.8, 4) is 0 Å². The third-order valence-corrected chi connectivity index (χ3v) is 0. The zero-order chi connectivity index (χ0) is 0. The molecule has 2 radical (unpaired) electrons. The molecule has 82 valence electrons. The fourth-order valence-corrected chi connectivity index (χ4v) is 0. The van der Waals surface area contributed by atoms with Crippen LogP contribution in [-0.2, 0) is 115 Å². The summed E-state index contributed by atoms with van der Waals surface area (Å²) in [6.45, 7) is 0. The Kier molecular flexibility index (Phi) is 2340. The predicted molar refractivity (Wildman–Crippen MR) is 6.18 cm³/mol. The van der Waals surface area contributed by atoms with Crippen LogP contribution in [-0.4, -0.2) is 0 Å². The first-order valence-corrected chi connectivity index (χ1v) is 0. The van der Waals surface area contributed by atoms with E-state index >= 15 is 0 Å². The van der Waals surface area contributed by atoms with Gasteiger partial charge in [-0.05, 0) is 0 Å². The van der Waals surface area contributed by atoms with Crippen LogP contribution in [0, 0.1) is 151 Å². The fourth-order valence-electron chi connectivity index (χ4n) is 0. The fraction of sp³-hybridized carbons (Fsp3) is 0. The summed E-state index contributed by atoms with van der Waals surface area (Å²) >= 11 is 0. The summed E-state index contributed by atoms with van der Waals surface area (Å²) in [4.78, 5) is 0. The van der Waals surface area contributed by atoms with E-state index < -0.39 is 0 Å². The Morgan fingerprint density at radius 2 is 0.267 bits per heavy atom. The zero-order valence-corrected chi connectivity index (χ0v) is 24.2. The molecule has 0 heterocycles. The van der Waals surface area contributed by atoms with Crippen LogP contribution in [0.1, 0.15) is 0 Å². The van der Waals surface area contributed by atoms with Crippen molar-refractivity contribution >= 4 is 0 Å². The van der Waals surface area contributed by atoms with E-state index in [2.05, 4.69) is 0 Å². The maximum Gasteiger partial charge on any atom is 3.00 e. The Morgan fingerprint density at radius 1 is 0.267 bits per heavy atom. The molecule has 0 aliphatic rings.